The number of hydrogen-bond acceptors (Lipinski definition) is 3. The van der Waals surface area contributed by atoms with Gasteiger partial charge in [-0.3, -0.25) is 0 Å². The maximum Gasteiger partial charge on any atom is 0.157 e. The minimum absolute atomic E-state index is 0.859. The molecule has 2 heterocycles. The van der Waals surface area contributed by atoms with E-state index >= 15 is 0 Å². The Morgan fingerprint density at radius 1 is 0.800 bits per heavy atom. The number of rotatable bonds is 0. The van der Waals surface area contributed by atoms with Gasteiger partial charge < -0.3 is 0 Å². The molecule has 2 aromatic carbocycles. The summed E-state index contributed by atoms with van der Waals surface area (Å²) in [6.07, 6.45) is 2.76. The minimum Gasteiger partial charge on any atom is -0.197 e. The summed E-state index contributed by atoms with van der Waals surface area (Å²) in [7, 11) is 0. The van der Waals surface area contributed by atoms with Crippen LogP contribution in [0.1, 0.15) is 22.5 Å². The van der Waals surface area contributed by atoms with Gasteiger partial charge in [0.2, 0.25) is 0 Å². The third kappa shape index (κ3) is 1.81. The lowest BCUT2D eigenvalue weighted by molar-refractivity contribution is 0.751. The van der Waals surface area contributed by atoms with E-state index in [-0.39, 0.29) is 0 Å². The zero-order valence-electron chi connectivity index (χ0n) is 11.0. The molecule has 1 aromatic heterocycles. The van der Waals surface area contributed by atoms with Gasteiger partial charge in [0.25, 0.3) is 0 Å². The molecular weight excluding hydrogens is 248 g/mol. The number of tetrazole rings is 1. The number of nitrogens with zero attached hydrogens (tertiary/aromatic N) is 4. The zero-order chi connectivity index (χ0) is 13.4. The SMILES string of the molecule is c1ccc2c(c1)CCc1nnnn1-c1ccccc1C2. The summed E-state index contributed by atoms with van der Waals surface area (Å²) in [5, 5.41) is 12.2. The van der Waals surface area contributed by atoms with Crippen molar-refractivity contribution in [3.8, 4) is 5.69 Å². The molecule has 0 fully saturated rings. The van der Waals surface area contributed by atoms with Crippen LogP contribution in [0.15, 0.2) is 48.5 Å². The molecule has 20 heavy (non-hydrogen) atoms. The van der Waals surface area contributed by atoms with E-state index in [9.17, 15) is 0 Å². The predicted octanol–water partition coefficient (Wildman–Crippen LogP) is 2.35. The van der Waals surface area contributed by atoms with Crippen LogP contribution >= 0.6 is 0 Å². The van der Waals surface area contributed by atoms with Crippen LogP contribution in [0.5, 0.6) is 0 Å². The molecule has 0 saturated carbocycles. The maximum absolute atomic E-state index is 4.17. The van der Waals surface area contributed by atoms with Gasteiger partial charge in [-0.1, -0.05) is 42.5 Å². The van der Waals surface area contributed by atoms with Crippen LogP contribution in [0, 0.1) is 0 Å². The number of aromatic nitrogens is 4. The van der Waals surface area contributed by atoms with Crippen molar-refractivity contribution in [3.63, 3.8) is 0 Å². The Morgan fingerprint density at radius 3 is 2.45 bits per heavy atom. The van der Waals surface area contributed by atoms with Crippen molar-refractivity contribution in [2.45, 2.75) is 19.3 Å². The second kappa shape index (κ2) is 4.56. The summed E-state index contributed by atoms with van der Waals surface area (Å²) >= 11 is 0. The second-order valence-corrected chi connectivity index (χ2v) is 5.08. The van der Waals surface area contributed by atoms with Crippen LogP contribution in [-0.2, 0) is 19.3 Å². The van der Waals surface area contributed by atoms with Crippen molar-refractivity contribution >= 4 is 0 Å². The molecule has 0 radical (unpaired) electrons. The van der Waals surface area contributed by atoms with E-state index in [0.717, 1.165) is 30.8 Å². The quantitative estimate of drug-likeness (QED) is 0.624. The minimum atomic E-state index is 0.859. The Bertz CT molecular complexity index is 760. The molecule has 4 rings (SSSR count). The Labute approximate surface area is 117 Å². The van der Waals surface area contributed by atoms with Gasteiger partial charge in [0, 0.05) is 6.42 Å². The van der Waals surface area contributed by atoms with Crippen molar-refractivity contribution in [2.24, 2.45) is 0 Å². The van der Waals surface area contributed by atoms with Gasteiger partial charge in [-0.2, -0.15) is 4.68 Å². The Morgan fingerprint density at radius 2 is 1.55 bits per heavy atom. The van der Waals surface area contributed by atoms with E-state index in [1.165, 1.54) is 16.7 Å². The third-order valence-corrected chi connectivity index (χ3v) is 3.87. The first-order valence-electron chi connectivity index (χ1n) is 6.84. The molecule has 1 aliphatic heterocycles. The fourth-order valence-corrected chi connectivity index (χ4v) is 2.84. The zero-order valence-corrected chi connectivity index (χ0v) is 11.0. The molecule has 98 valence electrons. The number of benzene rings is 2. The monoisotopic (exact) mass is 262 g/mol. The highest BCUT2D eigenvalue weighted by molar-refractivity contribution is 5.45. The third-order valence-electron chi connectivity index (χ3n) is 3.87. The average molecular weight is 262 g/mol. The molecule has 4 nitrogen and oxygen atoms in total. The van der Waals surface area contributed by atoms with Gasteiger partial charge in [-0.05, 0) is 46.0 Å². The summed E-state index contributed by atoms with van der Waals surface area (Å²) in [5.74, 6) is 0.925. The average Bonchev–Trinajstić information content (AvgIpc) is 2.95. The lowest BCUT2D eigenvalue weighted by atomic mass is 9.97. The topological polar surface area (TPSA) is 43.6 Å². The van der Waals surface area contributed by atoms with Gasteiger partial charge in [0.15, 0.2) is 5.82 Å². The molecule has 0 unspecified atom stereocenters. The Kier molecular flexibility index (Phi) is 2.59. The van der Waals surface area contributed by atoms with Gasteiger partial charge in [0.1, 0.15) is 0 Å². The molecule has 1 aliphatic rings. The van der Waals surface area contributed by atoms with Gasteiger partial charge >= 0.3 is 0 Å². The predicted molar refractivity (Wildman–Crippen MR) is 75.8 cm³/mol. The molecule has 0 amide bonds. The highest BCUT2D eigenvalue weighted by Gasteiger charge is 2.16. The first-order chi connectivity index (χ1) is 9.92. The first-order valence-corrected chi connectivity index (χ1v) is 6.84. The molecule has 0 atom stereocenters. The molecule has 0 N–H and O–H groups in total. The van der Waals surface area contributed by atoms with Crippen LogP contribution in [0.4, 0.5) is 0 Å². The van der Waals surface area contributed by atoms with Crippen molar-refractivity contribution in [1.82, 2.24) is 20.2 Å². The summed E-state index contributed by atoms with van der Waals surface area (Å²) < 4.78 is 1.88. The van der Waals surface area contributed by atoms with Crippen LogP contribution in [-0.4, -0.2) is 20.2 Å². The maximum atomic E-state index is 4.17. The molecule has 0 spiro atoms. The van der Waals surface area contributed by atoms with Gasteiger partial charge in [0.05, 0.1) is 5.69 Å². The van der Waals surface area contributed by atoms with Gasteiger partial charge in [-0.25, -0.2) is 0 Å². The Balaban J connectivity index is 1.94. The molecule has 4 heteroatoms. The summed E-state index contributed by atoms with van der Waals surface area (Å²) in [6, 6.07) is 17.0. The van der Waals surface area contributed by atoms with E-state index in [0.29, 0.717) is 0 Å². The van der Waals surface area contributed by atoms with Crippen molar-refractivity contribution < 1.29 is 0 Å². The van der Waals surface area contributed by atoms with E-state index in [2.05, 4.69) is 58.0 Å². The van der Waals surface area contributed by atoms with Crippen molar-refractivity contribution in [3.05, 3.63) is 71.0 Å². The van der Waals surface area contributed by atoms with E-state index in [1.54, 1.807) is 0 Å². The fraction of sp³-hybridized carbons (Fsp3) is 0.188. The van der Waals surface area contributed by atoms with Crippen LogP contribution in [0.25, 0.3) is 5.69 Å². The number of para-hydroxylation sites is 1. The van der Waals surface area contributed by atoms with Crippen molar-refractivity contribution in [2.75, 3.05) is 0 Å². The lowest BCUT2D eigenvalue weighted by Gasteiger charge is -2.10. The summed E-state index contributed by atoms with van der Waals surface area (Å²) in [5.41, 5.74) is 5.12. The number of fused-ring (bicyclic) bond motifs is 4. The smallest absolute Gasteiger partial charge is 0.157 e. The van der Waals surface area contributed by atoms with Crippen LogP contribution < -0.4 is 0 Å². The van der Waals surface area contributed by atoms with Crippen LogP contribution in [0.3, 0.4) is 0 Å². The normalized spacial score (nSPS) is 13.4. The number of aryl methyl sites for hydroxylation is 2. The highest BCUT2D eigenvalue weighted by Crippen LogP contribution is 2.23. The van der Waals surface area contributed by atoms with E-state index in [1.807, 2.05) is 10.7 Å². The second-order valence-electron chi connectivity index (χ2n) is 5.08. The molecule has 3 aromatic rings. The van der Waals surface area contributed by atoms with E-state index in [4.69, 9.17) is 0 Å². The lowest BCUT2D eigenvalue weighted by Crippen LogP contribution is -2.05. The fourth-order valence-electron chi connectivity index (χ4n) is 2.84. The van der Waals surface area contributed by atoms with Crippen LogP contribution in [0.2, 0.25) is 0 Å². The largest absolute Gasteiger partial charge is 0.197 e. The van der Waals surface area contributed by atoms with E-state index < -0.39 is 0 Å². The van der Waals surface area contributed by atoms with Crippen molar-refractivity contribution in [1.29, 1.82) is 0 Å². The van der Waals surface area contributed by atoms with Gasteiger partial charge in [-0.15, -0.1) is 5.10 Å². The highest BCUT2D eigenvalue weighted by atomic mass is 15.5. The first kappa shape index (κ1) is 11.3. The summed E-state index contributed by atoms with van der Waals surface area (Å²) in [4.78, 5) is 0. The summed E-state index contributed by atoms with van der Waals surface area (Å²) in [6.45, 7) is 0. The molecule has 0 aliphatic carbocycles. The standard InChI is InChI=1S/C16H14N4/c1-2-6-13-11-14-7-3-4-8-15(14)20-16(17-18-19-20)10-9-12(13)5-1/h1-8H,9-11H2. The molecular formula is C16H14N4. The Hall–Kier alpha value is -2.49. The number of hydrogen-bond donors (Lipinski definition) is 0. The molecule has 0 saturated heterocycles. The molecule has 0 bridgehead atoms.